The summed E-state index contributed by atoms with van der Waals surface area (Å²) >= 11 is 3.63. The smallest absolute Gasteiger partial charge is 0.213 e. The molecule has 2 heterocycles. The molecule has 6 rings (SSSR count). The van der Waals surface area contributed by atoms with Gasteiger partial charge in [-0.25, -0.2) is 5.01 Å². The second kappa shape index (κ2) is 7.95. The Morgan fingerprint density at radius 2 is 1.41 bits per heavy atom. The number of benzene rings is 4. The Morgan fingerprint density at radius 3 is 2.12 bits per heavy atom. The molecule has 0 unspecified atom stereocenters. The third-order valence-electron chi connectivity index (χ3n) is 6.16. The van der Waals surface area contributed by atoms with Crippen LogP contribution in [0.2, 0.25) is 0 Å². The minimum absolute atomic E-state index is 0.144. The normalized spacial score (nSPS) is 19.0. The summed E-state index contributed by atoms with van der Waals surface area (Å²) in [7, 11) is 0. The summed E-state index contributed by atoms with van der Waals surface area (Å²) in [5.41, 5.74) is 6.94. The van der Waals surface area contributed by atoms with Gasteiger partial charge >= 0.3 is 0 Å². The Labute approximate surface area is 196 Å². The molecule has 0 bridgehead atoms. The third-order valence-corrected chi connectivity index (χ3v) is 6.66. The van der Waals surface area contributed by atoms with E-state index in [0.29, 0.717) is 0 Å². The van der Waals surface area contributed by atoms with Gasteiger partial charge in [0, 0.05) is 22.0 Å². The van der Waals surface area contributed by atoms with Gasteiger partial charge in [0.2, 0.25) is 6.23 Å². The van der Waals surface area contributed by atoms with E-state index in [0.717, 1.165) is 33.5 Å². The van der Waals surface area contributed by atoms with Gasteiger partial charge < -0.3 is 4.74 Å². The molecular formula is C28H21BrN2O. The number of nitrogens with zero attached hydrogens (tertiary/aromatic N) is 2. The Balaban J connectivity index is 1.40. The van der Waals surface area contributed by atoms with Gasteiger partial charge in [-0.05, 0) is 34.9 Å². The van der Waals surface area contributed by atoms with Crippen molar-refractivity contribution in [3.8, 4) is 16.9 Å². The van der Waals surface area contributed by atoms with Gasteiger partial charge in [-0.1, -0.05) is 101 Å². The monoisotopic (exact) mass is 480 g/mol. The van der Waals surface area contributed by atoms with Gasteiger partial charge in [0.25, 0.3) is 0 Å². The first-order valence-corrected chi connectivity index (χ1v) is 11.6. The summed E-state index contributed by atoms with van der Waals surface area (Å²) in [6.07, 6.45) is 0.592. The molecule has 0 fully saturated rings. The number of halogens is 1. The number of hydrazone groups is 1. The van der Waals surface area contributed by atoms with Crippen molar-refractivity contribution in [3.05, 3.63) is 124 Å². The lowest BCUT2D eigenvalue weighted by Gasteiger charge is -2.38. The van der Waals surface area contributed by atoms with E-state index in [-0.39, 0.29) is 12.3 Å². The van der Waals surface area contributed by atoms with Crippen molar-refractivity contribution in [3.63, 3.8) is 0 Å². The summed E-state index contributed by atoms with van der Waals surface area (Å²) in [5.74, 6) is 0.927. The Kier molecular flexibility index (Phi) is 4.80. The first-order valence-electron chi connectivity index (χ1n) is 10.8. The Hall–Kier alpha value is -3.37. The maximum absolute atomic E-state index is 6.51. The fraction of sp³-hybridized carbons (Fsp3) is 0.107. The second-order valence-electron chi connectivity index (χ2n) is 8.15. The predicted molar refractivity (Wildman–Crippen MR) is 132 cm³/mol. The van der Waals surface area contributed by atoms with E-state index < -0.39 is 0 Å². The van der Waals surface area contributed by atoms with E-state index in [4.69, 9.17) is 9.84 Å². The van der Waals surface area contributed by atoms with E-state index in [2.05, 4.69) is 106 Å². The Morgan fingerprint density at radius 1 is 0.750 bits per heavy atom. The van der Waals surface area contributed by atoms with E-state index in [1.807, 2.05) is 18.2 Å². The molecule has 3 nitrogen and oxygen atoms in total. The minimum atomic E-state index is -0.264. The van der Waals surface area contributed by atoms with Crippen LogP contribution in [-0.4, -0.2) is 10.7 Å². The van der Waals surface area contributed by atoms with Gasteiger partial charge in [0.15, 0.2) is 0 Å². The van der Waals surface area contributed by atoms with Crippen molar-refractivity contribution in [1.29, 1.82) is 0 Å². The highest BCUT2D eigenvalue weighted by atomic mass is 79.9. The lowest BCUT2D eigenvalue weighted by Crippen LogP contribution is -2.33. The van der Waals surface area contributed by atoms with Crippen LogP contribution in [0.4, 0.5) is 0 Å². The number of fused-ring (bicyclic) bond motifs is 3. The van der Waals surface area contributed by atoms with Crippen molar-refractivity contribution >= 4 is 21.6 Å². The van der Waals surface area contributed by atoms with Crippen LogP contribution in [0.1, 0.15) is 35.4 Å². The minimum Gasteiger partial charge on any atom is -0.464 e. The van der Waals surface area contributed by atoms with Gasteiger partial charge in [-0.3, -0.25) is 0 Å². The van der Waals surface area contributed by atoms with Crippen LogP contribution in [0.15, 0.2) is 113 Å². The van der Waals surface area contributed by atoms with Gasteiger partial charge in [-0.15, -0.1) is 0 Å². The molecule has 0 saturated heterocycles. The van der Waals surface area contributed by atoms with Crippen LogP contribution in [0, 0.1) is 0 Å². The quantitative estimate of drug-likeness (QED) is 0.306. The first kappa shape index (κ1) is 19.3. The van der Waals surface area contributed by atoms with Gasteiger partial charge in [0.1, 0.15) is 5.75 Å². The maximum atomic E-state index is 6.51. The zero-order valence-corrected chi connectivity index (χ0v) is 18.9. The molecule has 0 aromatic heterocycles. The zero-order valence-electron chi connectivity index (χ0n) is 17.4. The Bertz CT molecular complexity index is 1290. The van der Waals surface area contributed by atoms with Crippen LogP contribution in [-0.2, 0) is 0 Å². The predicted octanol–water partition coefficient (Wildman–Crippen LogP) is 7.36. The summed E-state index contributed by atoms with van der Waals surface area (Å²) in [6, 6.07) is 35.9. The molecule has 4 aromatic rings. The standard InChI is InChI=1S/C28H21BrN2O/c29-23-15-16-27-24(17-23)26-18-25(21-9-5-2-6-10-21)30-31(26)28(32-27)22-13-11-20(12-14-22)19-7-3-1-4-8-19/h1-17,26,28H,18H2/t26-,28+/m1/s1. The SMILES string of the molecule is Brc1ccc2c(c1)[C@H]1CC(c3ccccc3)=NN1[C@H](c1ccc(-c3ccccc3)cc1)O2. The van der Waals surface area contributed by atoms with Crippen molar-refractivity contribution in [2.24, 2.45) is 5.10 Å². The average Bonchev–Trinajstić information content (AvgIpc) is 3.31. The van der Waals surface area contributed by atoms with E-state index >= 15 is 0 Å². The van der Waals surface area contributed by atoms with Crippen molar-refractivity contribution in [2.75, 3.05) is 0 Å². The lowest BCUT2D eigenvalue weighted by atomic mass is 9.95. The van der Waals surface area contributed by atoms with Crippen LogP contribution < -0.4 is 4.74 Å². The fourth-order valence-electron chi connectivity index (χ4n) is 4.55. The largest absolute Gasteiger partial charge is 0.464 e. The molecule has 0 N–H and O–H groups in total. The molecule has 0 amide bonds. The molecule has 0 saturated carbocycles. The highest BCUT2D eigenvalue weighted by molar-refractivity contribution is 9.10. The average molecular weight is 481 g/mol. The summed E-state index contributed by atoms with van der Waals surface area (Å²) in [5, 5.41) is 7.19. The van der Waals surface area contributed by atoms with Crippen molar-refractivity contribution < 1.29 is 4.74 Å². The number of hydrogen-bond acceptors (Lipinski definition) is 3. The molecule has 2 atom stereocenters. The molecule has 2 aliphatic heterocycles. The summed E-state index contributed by atoms with van der Waals surface area (Å²) in [6.45, 7) is 0. The number of rotatable bonds is 3. The van der Waals surface area contributed by atoms with Crippen LogP contribution >= 0.6 is 15.9 Å². The van der Waals surface area contributed by atoms with E-state index in [1.54, 1.807) is 0 Å². The maximum Gasteiger partial charge on any atom is 0.213 e. The first-order chi connectivity index (χ1) is 15.8. The molecule has 0 aliphatic carbocycles. The van der Waals surface area contributed by atoms with Crippen LogP contribution in [0.5, 0.6) is 5.75 Å². The molecular weight excluding hydrogens is 460 g/mol. The van der Waals surface area contributed by atoms with E-state index in [1.165, 1.54) is 16.7 Å². The molecule has 4 heteroatoms. The highest BCUT2D eigenvalue weighted by Gasteiger charge is 2.41. The van der Waals surface area contributed by atoms with Crippen LogP contribution in [0.3, 0.4) is 0 Å². The van der Waals surface area contributed by atoms with Gasteiger partial charge in [-0.2, -0.15) is 5.10 Å². The molecule has 156 valence electrons. The molecule has 0 spiro atoms. The molecule has 32 heavy (non-hydrogen) atoms. The molecule has 4 aromatic carbocycles. The second-order valence-corrected chi connectivity index (χ2v) is 9.07. The fourth-order valence-corrected chi connectivity index (χ4v) is 4.93. The van der Waals surface area contributed by atoms with Crippen LogP contribution in [0.25, 0.3) is 11.1 Å². The summed E-state index contributed by atoms with van der Waals surface area (Å²) in [4.78, 5) is 0. The van der Waals surface area contributed by atoms with E-state index in [9.17, 15) is 0 Å². The molecule has 0 radical (unpaired) electrons. The van der Waals surface area contributed by atoms with Crippen molar-refractivity contribution in [1.82, 2.24) is 5.01 Å². The number of ether oxygens (including phenoxy) is 1. The summed E-state index contributed by atoms with van der Waals surface area (Å²) < 4.78 is 7.57. The van der Waals surface area contributed by atoms with Crippen molar-refractivity contribution in [2.45, 2.75) is 18.7 Å². The molecule has 2 aliphatic rings. The lowest BCUT2D eigenvalue weighted by molar-refractivity contribution is -0.0190. The number of hydrogen-bond donors (Lipinski definition) is 0. The third kappa shape index (κ3) is 3.41. The van der Waals surface area contributed by atoms with Gasteiger partial charge in [0.05, 0.1) is 11.8 Å². The highest BCUT2D eigenvalue weighted by Crippen LogP contribution is 2.48. The zero-order chi connectivity index (χ0) is 21.5. The topological polar surface area (TPSA) is 24.8 Å².